The molecule has 0 atom stereocenters. The average Bonchev–Trinajstić information content (AvgIpc) is 2.60. The Hall–Kier alpha value is -0.708. The number of carbonyl (C=O) groups excluding carboxylic acids is 3. The van der Waals surface area contributed by atoms with Crippen LogP contribution in [-0.2, 0) is 23.9 Å². The van der Waals surface area contributed by atoms with E-state index in [9.17, 15) is 14.4 Å². The SMILES string of the molecule is CC(C)(C)OC=O.CCCN1CCC(C(=O)OC)([N]([Pb])C(=O)CC)CC1. The van der Waals surface area contributed by atoms with Gasteiger partial charge in [0.2, 0.25) is 0 Å². The van der Waals surface area contributed by atoms with Gasteiger partial charge in [0.05, 0.1) is 0 Å². The molecule has 0 spiro atoms. The van der Waals surface area contributed by atoms with Crippen LogP contribution in [0.25, 0.3) is 0 Å². The van der Waals surface area contributed by atoms with Crippen molar-refractivity contribution in [2.75, 3.05) is 26.7 Å². The molecule has 7 nitrogen and oxygen atoms in total. The number of esters is 1. The van der Waals surface area contributed by atoms with Crippen molar-refractivity contribution in [3.8, 4) is 0 Å². The molecule has 8 heteroatoms. The molecule has 0 aromatic rings. The van der Waals surface area contributed by atoms with Crippen LogP contribution in [0.4, 0.5) is 0 Å². The molecule has 3 radical (unpaired) electrons. The van der Waals surface area contributed by atoms with Gasteiger partial charge in [-0.1, -0.05) is 0 Å². The minimum atomic E-state index is -0.710. The van der Waals surface area contributed by atoms with Crippen molar-refractivity contribution in [3.63, 3.8) is 0 Å². The molecule has 149 valence electrons. The van der Waals surface area contributed by atoms with Crippen molar-refractivity contribution in [3.05, 3.63) is 0 Å². The van der Waals surface area contributed by atoms with E-state index in [1.807, 2.05) is 27.7 Å². The monoisotopic (exact) mass is 565 g/mol. The zero-order valence-corrected chi connectivity index (χ0v) is 20.9. The van der Waals surface area contributed by atoms with Gasteiger partial charge in [-0.3, -0.25) is 4.79 Å². The number of hydrogen-bond acceptors (Lipinski definition) is 6. The molecule has 26 heavy (non-hydrogen) atoms. The first-order valence-electron chi connectivity index (χ1n) is 9.04. The molecule has 1 saturated heterocycles. The average molecular weight is 565 g/mol. The molecule has 0 aromatic heterocycles. The maximum absolute atomic E-state index is 12.2. The molecule has 1 rings (SSSR count). The van der Waals surface area contributed by atoms with E-state index in [-0.39, 0.29) is 17.5 Å². The third-order valence-electron chi connectivity index (χ3n) is 4.17. The molecule has 0 aliphatic carbocycles. The number of rotatable bonds is 6. The van der Waals surface area contributed by atoms with Gasteiger partial charge in [-0.05, 0) is 20.8 Å². The molecule has 1 fully saturated rings. The van der Waals surface area contributed by atoms with Crippen molar-refractivity contribution in [1.29, 1.82) is 0 Å². The molecule has 0 bridgehead atoms. The summed E-state index contributed by atoms with van der Waals surface area (Å²) in [5.41, 5.74) is -1.03. The number of amides is 1. The second-order valence-corrected chi connectivity index (χ2v) is 9.01. The molecule has 0 N–H and O–H groups in total. The second kappa shape index (κ2) is 11.9. The number of carbonyl (C=O) groups is 3. The van der Waals surface area contributed by atoms with Crippen molar-refractivity contribution in [2.45, 2.75) is 71.4 Å². The van der Waals surface area contributed by atoms with E-state index in [2.05, 4.69) is 16.6 Å². The first-order valence-corrected chi connectivity index (χ1v) is 10.8. The summed E-state index contributed by atoms with van der Waals surface area (Å²) in [5.74, 6) is -0.193. The van der Waals surface area contributed by atoms with Crippen molar-refractivity contribution >= 4 is 44.4 Å². The van der Waals surface area contributed by atoms with Gasteiger partial charge in [-0.25, -0.2) is 0 Å². The Kier molecular flexibility index (Phi) is 11.6. The van der Waals surface area contributed by atoms with Crippen molar-refractivity contribution in [2.24, 2.45) is 0 Å². The van der Waals surface area contributed by atoms with Crippen LogP contribution < -0.4 is 0 Å². The van der Waals surface area contributed by atoms with Crippen LogP contribution in [0.2, 0.25) is 0 Å². The molecule has 1 aliphatic heterocycles. The van der Waals surface area contributed by atoms with Gasteiger partial charge in [-0.15, -0.1) is 0 Å². The summed E-state index contributed by atoms with van der Waals surface area (Å²) >= 11 is 0.560. The Labute approximate surface area is 173 Å². The molecular weight excluding hydrogens is 531 g/mol. The molecule has 0 saturated carbocycles. The Bertz CT molecular complexity index is 457. The number of nitrogens with zero attached hydrogens (tertiary/aromatic N) is 2. The van der Waals surface area contributed by atoms with Crippen LogP contribution in [0, 0.1) is 0 Å². The predicted molar refractivity (Wildman–Crippen MR) is 101 cm³/mol. The fourth-order valence-electron chi connectivity index (χ4n) is 2.71. The third-order valence-corrected chi connectivity index (χ3v) is 6.80. The zero-order chi connectivity index (χ0) is 20.4. The summed E-state index contributed by atoms with van der Waals surface area (Å²) in [5, 5.41) is 0. The number of piperidine rings is 1. The van der Waals surface area contributed by atoms with Gasteiger partial charge >= 0.3 is 132 Å². The summed E-state index contributed by atoms with van der Waals surface area (Å²) in [4.78, 5) is 36.1. The Morgan fingerprint density at radius 1 is 1.23 bits per heavy atom. The number of methoxy groups -OCH3 is 1. The summed E-state index contributed by atoms with van der Waals surface area (Å²) < 4.78 is 11.3. The Balaban J connectivity index is 0.000000758. The van der Waals surface area contributed by atoms with E-state index >= 15 is 0 Å². The van der Waals surface area contributed by atoms with Crippen LogP contribution in [-0.4, -0.2) is 89.9 Å². The standard InChI is InChI=1S/C13H24N2O3.C5H10O2.Pb/c1-4-8-15-9-6-13(7-10-15,12(17)18-3)14-11(16)5-2;1-5(2,3)7-4-6;/h4-10H2,1-3H3,(H,14,16);4H,1-3H3;/q;;+1/p-1. The van der Waals surface area contributed by atoms with Gasteiger partial charge in [0.15, 0.2) is 0 Å². The van der Waals surface area contributed by atoms with E-state index in [0.29, 0.717) is 51.8 Å². The van der Waals surface area contributed by atoms with E-state index in [1.54, 1.807) is 2.71 Å². The van der Waals surface area contributed by atoms with Gasteiger partial charge in [0.1, 0.15) is 5.60 Å². The van der Waals surface area contributed by atoms with Gasteiger partial charge in [0, 0.05) is 0 Å². The van der Waals surface area contributed by atoms with Gasteiger partial charge in [-0.2, -0.15) is 0 Å². The second-order valence-electron chi connectivity index (χ2n) is 7.27. The predicted octanol–water partition coefficient (Wildman–Crippen LogP) is 1.68. The van der Waals surface area contributed by atoms with Gasteiger partial charge < -0.3 is 4.74 Å². The van der Waals surface area contributed by atoms with E-state index < -0.39 is 5.54 Å². The normalized spacial score (nSPS) is 16.7. The van der Waals surface area contributed by atoms with Crippen LogP contribution in [0.5, 0.6) is 0 Å². The van der Waals surface area contributed by atoms with Crippen LogP contribution in [0.15, 0.2) is 0 Å². The summed E-state index contributed by atoms with van der Waals surface area (Å²) in [7, 11) is 1.41. The fourth-order valence-corrected chi connectivity index (χ4v) is 4.55. The number of ether oxygens (including phenoxy) is 2. The summed E-state index contributed by atoms with van der Waals surface area (Å²) in [6.45, 7) is 12.7. The molecule has 0 unspecified atom stereocenters. The van der Waals surface area contributed by atoms with E-state index in [0.717, 1.165) is 26.1 Å². The van der Waals surface area contributed by atoms with E-state index in [1.165, 1.54) is 7.11 Å². The first-order chi connectivity index (χ1) is 12.1. The van der Waals surface area contributed by atoms with Crippen LogP contribution >= 0.6 is 0 Å². The topological polar surface area (TPSA) is 76.2 Å². The minimum absolute atomic E-state index is 0.0565. The quantitative estimate of drug-likeness (QED) is 0.278. The first kappa shape index (κ1) is 25.3. The van der Waals surface area contributed by atoms with Crippen LogP contribution in [0.1, 0.15) is 60.3 Å². The molecule has 0 aromatic carbocycles. The summed E-state index contributed by atoms with van der Waals surface area (Å²) in [6.07, 6.45) is 2.94. The molecular formula is C18H33N2O5Pb. The molecule has 1 heterocycles. The van der Waals surface area contributed by atoms with Crippen molar-refractivity contribution in [1.82, 2.24) is 7.61 Å². The fraction of sp³-hybridized carbons (Fsp3) is 0.833. The number of likely N-dealkylation sites (tertiary alicyclic amines) is 1. The Morgan fingerprint density at radius 3 is 2.08 bits per heavy atom. The zero-order valence-electron chi connectivity index (χ0n) is 17.0. The van der Waals surface area contributed by atoms with E-state index in [4.69, 9.17) is 4.74 Å². The summed E-state index contributed by atoms with van der Waals surface area (Å²) in [6, 6.07) is 0. The molecule has 1 amide bonds. The maximum atomic E-state index is 12.2. The van der Waals surface area contributed by atoms with Crippen molar-refractivity contribution < 1.29 is 23.9 Å². The third kappa shape index (κ3) is 7.89. The Morgan fingerprint density at radius 2 is 1.77 bits per heavy atom. The number of hydrogen-bond donors (Lipinski definition) is 0. The van der Waals surface area contributed by atoms with Gasteiger partial charge in [0.25, 0.3) is 6.47 Å². The molecule has 1 aliphatic rings. The van der Waals surface area contributed by atoms with Crippen LogP contribution in [0.3, 0.4) is 0 Å².